The molecule has 114 valence electrons. The van der Waals surface area contributed by atoms with Crippen molar-refractivity contribution >= 4 is 11.8 Å². The van der Waals surface area contributed by atoms with Gasteiger partial charge in [0.1, 0.15) is 5.75 Å². The minimum Gasteiger partial charge on any atom is -0.493 e. The maximum atomic E-state index is 8.76. The highest BCUT2D eigenvalue weighted by atomic mass is 32.2. The molecule has 0 amide bonds. The first kappa shape index (κ1) is 16.5. The van der Waals surface area contributed by atoms with Crippen LogP contribution in [0.4, 0.5) is 0 Å². The fourth-order valence-corrected chi connectivity index (χ4v) is 2.81. The summed E-state index contributed by atoms with van der Waals surface area (Å²) >= 11 is 1.84. The van der Waals surface area contributed by atoms with Crippen molar-refractivity contribution in [2.75, 3.05) is 12.4 Å². The van der Waals surface area contributed by atoms with Gasteiger partial charge in [-0.15, -0.1) is 0 Å². The predicted octanol–water partition coefficient (Wildman–Crippen LogP) is 4.99. The summed E-state index contributed by atoms with van der Waals surface area (Å²) in [5.74, 6) is 3.38. The fraction of sp³-hybridized carbons (Fsp3) is 0.316. The Morgan fingerprint density at radius 3 is 2.32 bits per heavy atom. The topological polar surface area (TPSA) is 33.0 Å². The van der Waals surface area contributed by atoms with Crippen LogP contribution in [0.5, 0.6) is 5.75 Å². The van der Waals surface area contributed by atoms with Crippen molar-refractivity contribution in [2.45, 2.75) is 25.5 Å². The van der Waals surface area contributed by atoms with Crippen LogP contribution in [-0.2, 0) is 5.75 Å². The number of hydrogen-bond acceptors (Lipinski definition) is 3. The number of nitriles is 1. The van der Waals surface area contributed by atoms with E-state index >= 15 is 0 Å². The van der Waals surface area contributed by atoms with Crippen molar-refractivity contribution < 1.29 is 4.74 Å². The van der Waals surface area contributed by atoms with Crippen molar-refractivity contribution in [3.63, 3.8) is 0 Å². The van der Waals surface area contributed by atoms with Crippen LogP contribution in [0.2, 0.25) is 0 Å². The van der Waals surface area contributed by atoms with Gasteiger partial charge in [-0.2, -0.15) is 17.0 Å². The van der Waals surface area contributed by atoms with Gasteiger partial charge in [-0.1, -0.05) is 38.1 Å². The molecule has 0 aliphatic carbocycles. The van der Waals surface area contributed by atoms with Gasteiger partial charge in [0.2, 0.25) is 0 Å². The molecule has 2 nitrogen and oxygen atoms in total. The fourth-order valence-electron chi connectivity index (χ4n) is 2.03. The Balaban J connectivity index is 1.67. The van der Waals surface area contributed by atoms with Gasteiger partial charge < -0.3 is 4.74 Å². The summed E-state index contributed by atoms with van der Waals surface area (Å²) in [6.07, 6.45) is 0. The number of thioether (sulfide) groups is 1. The summed E-state index contributed by atoms with van der Waals surface area (Å²) in [6.45, 7) is 5.09. The highest BCUT2D eigenvalue weighted by Crippen LogP contribution is 2.19. The van der Waals surface area contributed by atoms with Crippen LogP contribution in [0, 0.1) is 11.3 Å². The summed E-state index contributed by atoms with van der Waals surface area (Å²) in [6, 6.07) is 18.2. The molecular weight excluding hydrogens is 290 g/mol. The average Bonchev–Trinajstić information content (AvgIpc) is 2.55. The Hall–Kier alpha value is -1.92. The third kappa shape index (κ3) is 5.13. The molecule has 22 heavy (non-hydrogen) atoms. The molecule has 0 aliphatic rings. The number of rotatable bonds is 7. The lowest BCUT2D eigenvalue weighted by Crippen LogP contribution is -2.00. The number of ether oxygens (including phenoxy) is 1. The molecule has 2 rings (SSSR count). The summed E-state index contributed by atoms with van der Waals surface area (Å²) in [4.78, 5) is 0. The zero-order valence-electron chi connectivity index (χ0n) is 13.1. The Morgan fingerprint density at radius 2 is 1.73 bits per heavy atom. The number of hydrogen-bond donors (Lipinski definition) is 0. The van der Waals surface area contributed by atoms with E-state index < -0.39 is 0 Å². The van der Waals surface area contributed by atoms with E-state index in [-0.39, 0.29) is 0 Å². The zero-order chi connectivity index (χ0) is 15.8. The summed E-state index contributed by atoms with van der Waals surface area (Å²) in [5, 5.41) is 8.76. The van der Waals surface area contributed by atoms with Crippen molar-refractivity contribution in [1.29, 1.82) is 5.26 Å². The van der Waals surface area contributed by atoms with Crippen LogP contribution >= 0.6 is 11.8 Å². The first-order chi connectivity index (χ1) is 10.7. The van der Waals surface area contributed by atoms with Gasteiger partial charge in [0.05, 0.1) is 18.2 Å². The van der Waals surface area contributed by atoms with E-state index in [2.05, 4.69) is 32.0 Å². The SMILES string of the molecule is CC(C)c1ccc(OCCSCc2ccc(C#N)cc2)cc1. The van der Waals surface area contributed by atoms with Crippen molar-refractivity contribution in [1.82, 2.24) is 0 Å². The normalized spacial score (nSPS) is 10.5. The van der Waals surface area contributed by atoms with Gasteiger partial charge in [0, 0.05) is 11.5 Å². The van der Waals surface area contributed by atoms with Gasteiger partial charge in [-0.05, 0) is 41.3 Å². The van der Waals surface area contributed by atoms with E-state index in [0.29, 0.717) is 18.1 Å². The van der Waals surface area contributed by atoms with Crippen LogP contribution in [0.3, 0.4) is 0 Å². The summed E-state index contributed by atoms with van der Waals surface area (Å²) in [5.41, 5.74) is 3.29. The van der Waals surface area contributed by atoms with E-state index in [1.807, 2.05) is 48.2 Å². The monoisotopic (exact) mass is 311 g/mol. The number of nitrogens with zero attached hydrogens (tertiary/aromatic N) is 1. The lowest BCUT2D eigenvalue weighted by atomic mass is 10.0. The molecule has 0 unspecified atom stereocenters. The third-order valence-corrected chi connectivity index (χ3v) is 4.39. The molecule has 0 heterocycles. The van der Waals surface area contributed by atoms with Crippen molar-refractivity contribution in [2.24, 2.45) is 0 Å². The molecule has 2 aromatic carbocycles. The molecule has 2 aromatic rings. The molecule has 0 bridgehead atoms. The van der Waals surface area contributed by atoms with Gasteiger partial charge in [0.15, 0.2) is 0 Å². The average molecular weight is 311 g/mol. The molecule has 0 spiro atoms. The second-order valence-electron chi connectivity index (χ2n) is 5.43. The zero-order valence-corrected chi connectivity index (χ0v) is 13.9. The van der Waals surface area contributed by atoms with Crippen LogP contribution in [-0.4, -0.2) is 12.4 Å². The lowest BCUT2D eigenvalue weighted by molar-refractivity contribution is 0.344. The smallest absolute Gasteiger partial charge is 0.119 e. The molecule has 3 heteroatoms. The van der Waals surface area contributed by atoms with Gasteiger partial charge in [0.25, 0.3) is 0 Å². The Labute approximate surface area is 137 Å². The molecule has 0 saturated carbocycles. The minimum atomic E-state index is 0.553. The second-order valence-corrected chi connectivity index (χ2v) is 6.54. The predicted molar refractivity (Wildman–Crippen MR) is 93.3 cm³/mol. The largest absolute Gasteiger partial charge is 0.493 e. The molecule has 0 N–H and O–H groups in total. The Kier molecular flexibility index (Phi) is 6.36. The minimum absolute atomic E-state index is 0.553. The van der Waals surface area contributed by atoms with E-state index in [4.69, 9.17) is 10.00 Å². The molecular formula is C19H21NOS. The lowest BCUT2D eigenvalue weighted by Gasteiger charge is -2.09. The summed E-state index contributed by atoms with van der Waals surface area (Å²) in [7, 11) is 0. The molecule has 0 aliphatic heterocycles. The maximum Gasteiger partial charge on any atom is 0.119 e. The van der Waals surface area contributed by atoms with Crippen LogP contribution < -0.4 is 4.74 Å². The highest BCUT2D eigenvalue weighted by Gasteiger charge is 2.00. The van der Waals surface area contributed by atoms with Crippen LogP contribution in [0.15, 0.2) is 48.5 Å². The molecule has 0 radical (unpaired) electrons. The third-order valence-electron chi connectivity index (χ3n) is 3.39. The van der Waals surface area contributed by atoms with Gasteiger partial charge >= 0.3 is 0 Å². The first-order valence-electron chi connectivity index (χ1n) is 7.48. The van der Waals surface area contributed by atoms with Crippen LogP contribution in [0.1, 0.15) is 36.5 Å². The Morgan fingerprint density at radius 1 is 1.05 bits per heavy atom. The van der Waals surface area contributed by atoms with E-state index in [9.17, 15) is 0 Å². The molecule has 0 atom stereocenters. The van der Waals surface area contributed by atoms with Crippen molar-refractivity contribution in [3.8, 4) is 11.8 Å². The van der Waals surface area contributed by atoms with Gasteiger partial charge in [-0.25, -0.2) is 0 Å². The van der Waals surface area contributed by atoms with E-state index in [1.165, 1.54) is 11.1 Å². The standard InChI is InChI=1S/C19H21NOS/c1-15(2)18-7-9-19(10-8-18)21-11-12-22-14-17-5-3-16(13-20)4-6-17/h3-10,15H,11-12,14H2,1-2H3. The Bertz CT molecular complexity index is 611. The number of benzene rings is 2. The van der Waals surface area contributed by atoms with E-state index in [1.54, 1.807) is 0 Å². The quantitative estimate of drug-likeness (QED) is 0.675. The van der Waals surface area contributed by atoms with E-state index in [0.717, 1.165) is 17.3 Å². The van der Waals surface area contributed by atoms with Gasteiger partial charge in [-0.3, -0.25) is 0 Å². The van der Waals surface area contributed by atoms with Crippen molar-refractivity contribution in [3.05, 3.63) is 65.2 Å². The summed E-state index contributed by atoms with van der Waals surface area (Å²) < 4.78 is 5.75. The molecule has 0 saturated heterocycles. The van der Waals surface area contributed by atoms with Crippen LogP contribution in [0.25, 0.3) is 0 Å². The highest BCUT2D eigenvalue weighted by molar-refractivity contribution is 7.98. The first-order valence-corrected chi connectivity index (χ1v) is 8.64. The molecule has 0 fully saturated rings. The second kappa shape index (κ2) is 8.51. The molecule has 0 aromatic heterocycles. The maximum absolute atomic E-state index is 8.76.